The van der Waals surface area contributed by atoms with Crippen LogP contribution in [0.25, 0.3) is 6.08 Å². The lowest BCUT2D eigenvalue weighted by Crippen LogP contribution is -2.54. The van der Waals surface area contributed by atoms with Gasteiger partial charge in [-0.15, -0.1) is 0 Å². The molecule has 1 saturated heterocycles. The van der Waals surface area contributed by atoms with E-state index in [1.54, 1.807) is 30.3 Å². The molecule has 3 rings (SSSR count). The summed E-state index contributed by atoms with van der Waals surface area (Å²) in [5.74, 6) is -1.12. The minimum atomic E-state index is -0.775. The predicted molar refractivity (Wildman–Crippen MR) is 86.6 cm³/mol. The minimum Gasteiger partial charge on any atom is -0.450 e. The first-order valence-electron chi connectivity index (χ1n) is 6.69. The van der Waals surface area contributed by atoms with E-state index in [2.05, 4.69) is 21.2 Å². The van der Waals surface area contributed by atoms with Crippen LogP contribution in [-0.4, -0.2) is 17.8 Å². The summed E-state index contributed by atoms with van der Waals surface area (Å²) < 4.78 is 5.75. The lowest BCUT2D eigenvalue weighted by molar-refractivity contribution is -0.122. The predicted octanol–water partition coefficient (Wildman–Crippen LogP) is 3.02. The number of barbiturate groups is 1. The topological polar surface area (TPSA) is 79.6 Å². The fourth-order valence-corrected chi connectivity index (χ4v) is 2.53. The molecule has 7 heteroatoms. The van der Waals surface area contributed by atoms with Crippen LogP contribution in [0.5, 0.6) is 0 Å². The van der Waals surface area contributed by atoms with E-state index in [1.807, 2.05) is 13.0 Å². The number of rotatable bonds is 2. The number of carbonyl (C=O) groups excluding carboxylic acids is 3. The van der Waals surface area contributed by atoms with Crippen molar-refractivity contribution in [3.63, 3.8) is 0 Å². The molecule has 1 N–H and O–H groups in total. The summed E-state index contributed by atoms with van der Waals surface area (Å²) >= 11 is 3.15. The zero-order valence-corrected chi connectivity index (χ0v) is 13.6. The Balaban J connectivity index is 2.02. The van der Waals surface area contributed by atoms with Gasteiger partial charge in [0.25, 0.3) is 11.8 Å². The molecule has 0 atom stereocenters. The Hall–Kier alpha value is -2.67. The van der Waals surface area contributed by atoms with E-state index in [0.29, 0.717) is 16.1 Å². The van der Waals surface area contributed by atoms with Crippen LogP contribution < -0.4 is 10.2 Å². The van der Waals surface area contributed by atoms with Crippen LogP contribution in [0.1, 0.15) is 11.3 Å². The van der Waals surface area contributed by atoms with Gasteiger partial charge < -0.3 is 4.42 Å². The molecule has 0 unspecified atom stereocenters. The molecule has 0 saturated carbocycles. The standard InChI is InChI=1S/C16H11BrN2O4/c1-9-3-2-4-10(7-9)19-15(21)12(14(20)18-16(19)22)8-11-5-6-13(17)23-11/h2-8H,1H3,(H,18,20,22)/b12-8+. The molecule has 2 aromatic rings. The van der Waals surface area contributed by atoms with Crippen LogP contribution in [0.3, 0.4) is 0 Å². The van der Waals surface area contributed by atoms with Gasteiger partial charge in [0.05, 0.1) is 5.69 Å². The quantitative estimate of drug-likeness (QED) is 0.647. The number of amides is 4. The van der Waals surface area contributed by atoms with Gasteiger partial charge in [0.2, 0.25) is 0 Å². The number of carbonyl (C=O) groups is 3. The molecule has 0 spiro atoms. The number of hydrogen-bond donors (Lipinski definition) is 1. The van der Waals surface area contributed by atoms with Gasteiger partial charge in [0, 0.05) is 0 Å². The maximum Gasteiger partial charge on any atom is 0.335 e. The van der Waals surface area contributed by atoms with Crippen molar-refractivity contribution in [1.29, 1.82) is 0 Å². The third-order valence-corrected chi connectivity index (χ3v) is 3.67. The normalized spacial score (nSPS) is 16.9. The van der Waals surface area contributed by atoms with Gasteiger partial charge >= 0.3 is 6.03 Å². The van der Waals surface area contributed by atoms with Crippen molar-refractivity contribution in [3.8, 4) is 0 Å². The van der Waals surface area contributed by atoms with Crippen LogP contribution in [0, 0.1) is 6.92 Å². The Morgan fingerprint density at radius 3 is 2.61 bits per heavy atom. The van der Waals surface area contributed by atoms with Crippen LogP contribution in [-0.2, 0) is 9.59 Å². The molecule has 1 aliphatic heterocycles. The van der Waals surface area contributed by atoms with Gasteiger partial charge in [-0.1, -0.05) is 12.1 Å². The number of nitrogens with one attached hydrogen (secondary N) is 1. The van der Waals surface area contributed by atoms with E-state index in [4.69, 9.17) is 4.42 Å². The Morgan fingerprint density at radius 1 is 1.17 bits per heavy atom. The zero-order valence-electron chi connectivity index (χ0n) is 12.0. The summed E-state index contributed by atoms with van der Waals surface area (Å²) in [4.78, 5) is 37.5. The second-order valence-corrected chi connectivity index (χ2v) is 5.72. The van der Waals surface area contributed by atoms with E-state index in [9.17, 15) is 14.4 Å². The lowest BCUT2D eigenvalue weighted by Gasteiger charge is -2.26. The third kappa shape index (κ3) is 2.95. The molecular weight excluding hydrogens is 364 g/mol. The summed E-state index contributed by atoms with van der Waals surface area (Å²) in [6.45, 7) is 1.85. The summed E-state index contributed by atoms with van der Waals surface area (Å²) in [6, 6.07) is 9.36. The molecule has 0 bridgehead atoms. The fraction of sp³-hybridized carbons (Fsp3) is 0.0625. The summed E-state index contributed by atoms with van der Waals surface area (Å²) in [5, 5.41) is 2.16. The first-order valence-corrected chi connectivity index (χ1v) is 7.48. The third-order valence-electron chi connectivity index (χ3n) is 3.24. The number of halogens is 1. The maximum atomic E-state index is 12.6. The molecule has 23 heavy (non-hydrogen) atoms. The Morgan fingerprint density at radius 2 is 1.96 bits per heavy atom. The average molecular weight is 375 g/mol. The van der Waals surface area contributed by atoms with Crippen molar-refractivity contribution in [2.45, 2.75) is 6.92 Å². The molecule has 2 heterocycles. The second kappa shape index (κ2) is 5.85. The van der Waals surface area contributed by atoms with Gasteiger partial charge in [-0.25, -0.2) is 9.69 Å². The van der Waals surface area contributed by atoms with E-state index < -0.39 is 17.8 Å². The summed E-state index contributed by atoms with van der Waals surface area (Å²) in [6.07, 6.45) is 1.30. The molecule has 1 fully saturated rings. The van der Waals surface area contributed by atoms with Gasteiger partial charge in [-0.2, -0.15) is 0 Å². The number of benzene rings is 1. The first-order chi connectivity index (χ1) is 11.0. The number of furan rings is 1. The second-order valence-electron chi connectivity index (χ2n) is 4.94. The van der Waals surface area contributed by atoms with Crippen molar-refractivity contribution in [2.24, 2.45) is 0 Å². The van der Waals surface area contributed by atoms with Crippen molar-refractivity contribution >= 4 is 45.5 Å². The molecule has 1 aromatic heterocycles. The lowest BCUT2D eigenvalue weighted by atomic mass is 10.1. The largest absolute Gasteiger partial charge is 0.450 e. The number of imide groups is 2. The maximum absolute atomic E-state index is 12.6. The van der Waals surface area contributed by atoms with Gasteiger partial charge in [-0.05, 0) is 58.8 Å². The van der Waals surface area contributed by atoms with E-state index in [1.165, 1.54) is 6.08 Å². The van der Waals surface area contributed by atoms with Crippen LogP contribution in [0.15, 0.2) is 51.1 Å². The van der Waals surface area contributed by atoms with Crippen LogP contribution >= 0.6 is 15.9 Å². The van der Waals surface area contributed by atoms with Crippen molar-refractivity contribution in [3.05, 3.63) is 58.0 Å². The highest BCUT2D eigenvalue weighted by atomic mass is 79.9. The molecule has 6 nitrogen and oxygen atoms in total. The van der Waals surface area contributed by atoms with Gasteiger partial charge in [0.15, 0.2) is 4.67 Å². The zero-order chi connectivity index (χ0) is 16.6. The summed E-state index contributed by atoms with van der Waals surface area (Å²) in [5.41, 5.74) is 1.11. The molecule has 1 aromatic carbocycles. The highest BCUT2D eigenvalue weighted by molar-refractivity contribution is 9.10. The van der Waals surface area contributed by atoms with Gasteiger partial charge in [0.1, 0.15) is 11.3 Å². The molecule has 4 amide bonds. The van der Waals surface area contributed by atoms with Gasteiger partial charge in [-0.3, -0.25) is 14.9 Å². The van der Waals surface area contributed by atoms with Crippen molar-refractivity contribution in [1.82, 2.24) is 5.32 Å². The van der Waals surface area contributed by atoms with E-state index in [0.717, 1.165) is 10.5 Å². The Bertz CT molecular complexity index is 853. The molecule has 1 aliphatic rings. The number of hydrogen-bond acceptors (Lipinski definition) is 4. The van der Waals surface area contributed by atoms with Crippen LogP contribution in [0.4, 0.5) is 10.5 Å². The highest BCUT2D eigenvalue weighted by Crippen LogP contribution is 2.23. The molecular formula is C16H11BrN2O4. The number of nitrogens with zero attached hydrogens (tertiary/aromatic N) is 1. The summed E-state index contributed by atoms with van der Waals surface area (Å²) in [7, 11) is 0. The highest BCUT2D eigenvalue weighted by Gasteiger charge is 2.37. The number of aryl methyl sites for hydroxylation is 1. The fourth-order valence-electron chi connectivity index (χ4n) is 2.21. The first kappa shape index (κ1) is 15.2. The van der Waals surface area contributed by atoms with Crippen molar-refractivity contribution in [2.75, 3.05) is 4.90 Å². The monoisotopic (exact) mass is 374 g/mol. The minimum absolute atomic E-state index is 0.173. The molecule has 0 aliphatic carbocycles. The number of anilines is 1. The Kier molecular flexibility index (Phi) is 3.87. The van der Waals surface area contributed by atoms with E-state index >= 15 is 0 Å². The van der Waals surface area contributed by atoms with Crippen molar-refractivity contribution < 1.29 is 18.8 Å². The van der Waals surface area contributed by atoms with Crippen LogP contribution in [0.2, 0.25) is 0 Å². The smallest absolute Gasteiger partial charge is 0.335 e. The SMILES string of the molecule is Cc1cccc(N2C(=O)NC(=O)/C(=C\c3ccc(Br)o3)C2=O)c1. The Labute approximate surface area is 139 Å². The average Bonchev–Trinajstić information content (AvgIpc) is 2.89. The van der Waals surface area contributed by atoms with E-state index in [-0.39, 0.29) is 5.57 Å². The molecule has 0 radical (unpaired) electrons. The molecule has 116 valence electrons. The number of urea groups is 1.